The first-order chi connectivity index (χ1) is 10.1. The van der Waals surface area contributed by atoms with Crippen LogP contribution in [0, 0.1) is 17.3 Å². The van der Waals surface area contributed by atoms with Crippen molar-refractivity contribution in [3.05, 3.63) is 18.2 Å². The number of hydrogen-bond donors (Lipinski definition) is 3. The normalized spacial score (nSPS) is 28.0. The summed E-state index contributed by atoms with van der Waals surface area (Å²) in [5, 5.41) is 9.84. The Labute approximate surface area is 125 Å². The molecule has 0 aliphatic carbocycles. The number of amides is 1. The highest BCUT2D eigenvalue weighted by Gasteiger charge is 2.51. The van der Waals surface area contributed by atoms with E-state index in [1.807, 2.05) is 12.5 Å². The van der Waals surface area contributed by atoms with Gasteiger partial charge in [-0.25, -0.2) is 4.98 Å². The maximum atomic E-state index is 12.7. The Hall–Kier alpha value is -1.40. The van der Waals surface area contributed by atoms with Crippen molar-refractivity contribution in [2.45, 2.75) is 26.9 Å². The zero-order valence-electron chi connectivity index (χ0n) is 12.9. The predicted molar refractivity (Wildman–Crippen MR) is 80.6 cm³/mol. The van der Waals surface area contributed by atoms with Crippen LogP contribution >= 0.6 is 0 Å². The average Bonchev–Trinajstić information content (AvgIpc) is 3.09. The van der Waals surface area contributed by atoms with E-state index in [0.717, 1.165) is 38.4 Å². The molecule has 21 heavy (non-hydrogen) atoms. The lowest BCUT2D eigenvalue weighted by Crippen LogP contribution is -2.47. The van der Waals surface area contributed by atoms with Crippen LogP contribution in [0.4, 0.5) is 0 Å². The van der Waals surface area contributed by atoms with Gasteiger partial charge >= 0.3 is 0 Å². The Bertz CT molecular complexity index is 500. The van der Waals surface area contributed by atoms with Crippen LogP contribution in [0.1, 0.15) is 19.5 Å². The van der Waals surface area contributed by atoms with Crippen molar-refractivity contribution in [3.8, 4) is 0 Å². The maximum Gasteiger partial charge on any atom is 0.229 e. The second-order valence-electron chi connectivity index (χ2n) is 6.73. The van der Waals surface area contributed by atoms with Crippen LogP contribution < -0.4 is 16.0 Å². The van der Waals surface area contributed by atoms with E-state index in [9.17, 15) is 4.79 Å². The summed E-state index contributed by atoms with van der Waals surface area (Å²) in [6.45, 7) is 9.28. The third-order valence-electron chi connectivity index (χ3n) is 4.69. The lowest BCUT2D eigenvalue weighted by atomic mass is 9.80. The lowest BCUT2D eigenvalue weighted by Gasteiger charge is -2.26. The molecule has 2 aliphatic heterocycles. The van der Waals surface area contributed by atoms with Crippen molar-refractivity contribution in [3.63, 3.8) is 0 Å². The second-order valence-corrected chi connectivity index (χ2v) is 6.73. The maximum absolute atomic E-state index is 12.7. The molecule has 0 aromatic carbocycles. The van der Waals surface area contributed by atoms with Crippen LogP contribution in [0.3, 0.4) is 0 Å². The van der Waals surface area contributed by atoms with E-state index in [1.54, 1.807) is 0 Å². The molecule has 6 nitrogen and oxygen atoms in total. The van der Waals surface area contributed by atoms with Crippen LogP contribution in [-0.4, -0.2) is 41.6 Å². The molecule has 1 aromatic rings. The van der Waals surface area contributed by atoms with E-state index < -0.39 is 0 Å². The summed E-state index contributed by atoms with van der Waals surface area (Å²) in [5.41, 5.74) is 0.810. The summed E-state index contributed by atoms with van der Waals surface area (Å²) < 4.78 is 2.12. The topological polar surface area (TPSA) is 71.0 Å². The van der Waals surface area contributed by atoms with Crippen LogP contribution in [-0.2, 0) is 17.9 Å². The molecule has 116 valence electrons. The van der Waals surface area contributed by atoms with Gasteiger partial charge in [-0.15, -0.1) is 0 Å². The minimum atomic E-state index is -0.261. The molecule has 0 saturated carbocycles. The van der Waals surface area contributed by atoms with E-state index >= 15 is 0 Å². The number of nitrogens with one attached hydrogen (secondary N) is 3. The highest BCUT2D eigenvalue weighted by atomic mass is 16.2. The number of carbonyl (C=O) groups excluding carboxylic acids is 1. The molecule has 1 amide bonds. The van der Waals surface area contributed by atoms with E-state index in [1.165, 1.54) is 0 Å². The molecule has 0 unspecified atom stereocenters. The quantitative estimate of drug-likeness (QED) is 0.712. The number of carbonyl (C=O) groups is 1. The number of imidazole rings is 1. The van der Waals surface area contributed by atoms with E-state index in [0.29, 0.717) is 18.4 Å². The van der Waals surface area contributed by atoms with Crippen molar-refractivity contribution in [1.29, 1.82) is 0 Å². The Morgan fingerprint density at radius 2 is 2.19 bits per heavy atom. The van der Waals surface area contributed by atoms with Gasteiger partial charge < -0.3 is 20.5 Å². The summed E-state index contributed by atoms with van der Waals surface area (Å²) in [6, 6.07) is 0. The van der Waals surface area contributed by atoms with Gasteiger partial charge in [0, 0.05) is 44.8 Å². The third kappa shape index (κ3) is 2.70. The molecule has 0 bridgehead atoms. The molecule has 6 heteroatoms. The Kier molecular flexibility index (Phi) is 3.99. The van der Waals surface area contributed by atoms with Crippen molar-refractivity contribution >= 4 is 5.91 Å². The minimum Gasteiger partial charge on any atom is -0.350 e. The summed E-state index contributed by atoms with van der Waals surface area (Å²) in [5.74, 6) is 1.15. The van der Waals surface area contributed by atoms with Gasteiger partial charge in [0.05, 0.1) is 24.0 Å². The molecular weight excluding hydrogens is 266 g/mol. The fraction of sp³-hybridized carbons (Fsp3) is 0.733. The number of fused-ring (bicyclic) bond motifs is 1. The molecule has 3 N–H and O–H groups in total. The molecule has 2 fully saturated rings. The number of rotatable bonds is 5. The van der Waals surface area contributed by atoms with Gasteiger partial charge in [0.25, 0.3) is 0 Å². The molecule has 0 radical (unpaired) electrons. The fourth-order valence-electron chi connectivity index (χ4n) is 3.50. The largest absolute Gasteiger partial charge is 0.350 e. The van der Waals surface area contributed by atoms with Crippen LogP contribution in [0.5, 0.6) is 0 Å². The van der Waals surface area contributed by atoms with Gasteiger partial charge in [-0.1, -0.05) is 13.8 Å². The van der Waals surface area contributed by atoms with Crippen molar-refractivity contribution < 1.29 is 4.79 Å². The average molecular weight is 291 g/mol. The molecule has 3 heterocycles. The fourth-order valence-corrected chi connectivity index (χ4v) is 3.50. The summed E-state index contributed by atoms with van der Waals surface area (Å²) in [4.78, 5) is 16.9. The Morgan fingerprint density at radius 1 is 1.48 bits per heavy atom. The number of hydrogen-bond acceptors (Lipinski definition) is 4. The van der Waals surface area contributed by atoms with Gasteiger partial charge in [-0.05, 0) is 5.92 Å². The standard InChI is InChI=1S/C15H25N5O/c1-11(2)7-20-10-18-5-13(20)6-19-14(21)15-8-16-3-12(15)4-17-9-15/h5,10-12,16-17H,3-4,6-9H2,1-2H3,(H,19,21). The van der Waals surface area contributed by atoms with Crippen LogP contribution in [0.15, 0.2) is 12.5 Å². The van der Waals surface area contributed by atoms with E-state index in [2.05, 4.69) is 39.3 Å². The SMILES string of the molecule is CC(C)Cn1cncc1CNC(=O)C12CNCC1CNC2. The highest BCUT2D eigenvalue weighted by Crippen LogP contribution is 2.34. The third-order valence-corrected chi connectivity index (χ3v) is 4.69. The summed E-state index contributed by atoms with van der Waals surface area (Å²) in [6.07, 6.45) is 3.69. The van der Waals surface area contributed by atoms with Crippen LogP contribution in [0.25, 0.3) is 0 Å². The van der Waals surface area contributed by atoms with Crippen molar-refractivity contribution in [1.82, 2.24) is 25.5 Å². The van der Waals surface area contributed by atoms with Gasteiger partial charge in [0.15, 0.2) is 0 Å². The van der Waals surface area contributed by atoms with Gasteiger partial charge in [-0.2, -0.15) is 0 Å². The Balaban J connectivity index is 1.63. The zero-order chi connectivity index (χ0) is 14.9. The van der Waals surface area contributed by atoms with Crippen molar-refractivity contribution in [2.75, 3.05) is 26.2 Å². The van der Waals surface area contributed by atoms with Gasteiger partial charge in [-0.3, -0.25) is 4.79 Å². The predicted octanol–water partition coefficient (Wildman–Crippen LogP) is -0.0357. The minimum absolute atomic E-state index is 0.166. The molecule has 1 aromatic heterocycles. The summed E-state index contributed by atoms with van der Waals surface area (Å²) >= 11 is 0. The zero-order valence-corrected chi connectivity index (χ0v) is 12.9. The molecule has 2 aliphatic rings. The molecular formula is C15H25N5O. The van der Waals surface area contributed by atoms with Crippen LogP contribution in [0.2, 0.25) is 0 Å². The second kappa shape index (κ2) is 5.77. The first-order valence-electron chi connectivity index (χ1n) is 7.80. The smallest absolute Gasteiger partial charge is 0.229 e. The van der Waals surface area contributed by atoms with Crippen molar-refractivity contribution in [2.24, 2.45) is 17.3 Å². The summed E-state index contributed by atoms with van der Waals surface area (Å²) in [7, 11) is 0. The first kappa shape index (κ1) is 14.5. The number of aromatic nitrogens is 2. The monoisotopic (exact) mass is 291 g/mol. The molecule has 2 saturated heterocycles. The molecule has 0 atom stereocenters. The van der Waals surface area contributed by atoms with Gasteiger partial charge in [0.1, 0.15) is 0 Å². The lowest BCUT2D eigenvalue weighted by molar-refractivity contribution is -0.130. The highest BCUT2D eigenvalue weighted by molar-refractivity contribution is 5.84. The first-order valence-corrected chi connectivity index (χ1v) is 7.80. The van der Waals surface area contributed by atoms with E-state index in [4.69, 9.17) is 0 Å². The van der Waals surface area contributed by atoms with E-state index in [-0.39, 0.29) is 11.3 Å². The number of nitrogens with zero attached hydrogens (tertiary/aromatic N) is 2. The van der Waals surface area contributed by atoms with Gasteiger partial charge in [0.2, 0.25) is 5.91 Å². The molecule has 0 spiro atoms. The molecule has 3 rings (SSSR count). The Morgan fingerprint density at radius 3 is 2.86 bits per heavy atom.